The van der Waals surface area contributed by atoms with E-state index in [4.69, 9.17) is 4.74 Å². The average Bonchev–Trinajstić information content (AvgIpc) is 3.16. The molecule has 0 spiro atoms. The summed E-state index contributed by atoms with van der Waals surface area (Å²) in [5.41, 5.74) is 3.71. The highest BCUT2D eigenvalue weighted by atomic mass is 127. The lowest BCUT2D eigenvalue weighted by molar-refractivity contribution is 0.357. The first-order valence-corrected chi connectivity index (χ1v) is 11.4. The van der Waals surface area contributed by atoms with Crippen LogP contribution in [0, 0.1) is 0 Å². The van der Waals surface area contributed by atoms with Crippen LogP contribution in [0.3, 0.4) is 0 Å². The first kappa shape index (κ1) is 23.7. The fraction of sp³-hybridized carbons (Fsp3) is 0.409. The Morgan fingerprint density at radius 3 is 2.76 bits per heavy atom. The van der Waals surface area contributed by atoms with Crippen molar-refractivity contribution in [1.29, 1.82) is 0 Å². The molecule has 2 N–H and O–H groups in total. The second-order valence-electron chi connectivity index (χ2n) is 6.75. The number of aliphatic imine (C=N–C) groups is 1. The van der Waals surface area contributed by atoms with Gasteiger partial charge in [0.2, 0.25) is 0 Å². The number of ether oxygens (including phenoxy) is 1. The van der Waals surface area contributed by atoms with Gasteiger partial charge in [0.05, 0.1) is 13.2 Å². The molecule has 0 radical (unpaired) electrons. The first-order chi connectivity index (χ1) is 13.7. The van der Waals surface area contributed by atoms with Gasteiger partial charge < -0.3 is 15.4 Å². The number of fused-ring (bicyclic) bond motifs is 1. The Kier molecular flexibility index (Phi) is 10.5. The number of halogens is 1. The topological polar surface area (TPSA) is 62.7 Å². The lowest BCUT2D eigenvalue weighted by Gasteiger charge is -2.11. The molecular weight excluding hydrogens is 497 g/mol. The third kappa shape index (κ3) is 7.97. The predicted molar refractivity (Wildman–Crippen MR) is 132 cm³/mol. The van der Waals surface area contributed by atoms with Gasteiger partial charge in [-0.25, -0.2) is 0 Å². The lowest BCUT2D eigenvalue weighted by atomic mass is 10.1. The fourth-order valence-corrected chi connectivity index (χ4v) is 4.16. The summed E-state index contributed by atoms with van der Waals surface area (Å²) in [6, 6.07) is 16.4. The Morgan fingerprint density at radius 1 is 1.14 bits per heavy atom. The quantitative estimate of drug-likeness (QED) is 0.299. The number of hydrogen-bond donors (Lipinski definition) is 2. The fourth-order valence-electron chi connectivity index (χ4n) is 3.15. The van der Waals surface area contributed by atoms with Crippen LogP contribution in [0.4, 0.5) is 0 Å². The molecule has 1 aliphatic heterocycles. The van der Waals surface area contributed by atoms with Crippen molar-refractivity contribution in [2.45, 2.75) is 25.5 Å². The zero-order valence-electron chi connectivity index (χ0n) is 16.9. The molecule has 5 nitrogen and oxygen atoms in total. The maximum atomic E-state index is 12.2. The van der Waals surface area contributed by atoms with E-state index in [1.54, 1.807) is 0 Å². The van der Waals surface area contributed by atoms with E-state index in [0.29, 0.717) is 18.1 Å². The maximum absolute atomic E-state index is 12.2. The predicted octanol–water partition coefficient (Wildman–Crippen LogP) is 3.29. The van der Waals surface area contributed by atoms with Crippen LogP contribution in [-0.2, 0) is 29.4 Å². The Balaban J connectivity index is 0.00000300. The van der Waals surface area contributed by atoms with Crippen molar-refractivity contribution in [2.24, 2.45) is 4.99 Å². The van der Waals surface area contributed by atoms with E-state index in [0.717, 1.165) is 49.8 Å². The molecule has 29 heavy (non-hydrogen) atoms. The molecule has 1 atom stereocenters. The van der Waals surface area contributed by atoms with Crippen molar-refractivity contribution in [2.75, 3.05) is 32.0 Å². The maximum Gasteiger partial charge on any atom is 0.191 e. The number of guanidine groups is 1. The number of nitrogens with one attached hydrogen (secondary N) is 2. The van der Waals surface area contributed by atoms with Crippen LogP contribution in [0.2, 0.25) is 0 Å². The molecule has 0 fully saturated rings. The Hall–Kier alpha value is -1.61. The summed E-state index contributed by atoms with van der Waals surface area (Å²) in [7, 11) is -0.901. The minimum atomic E-state index is -0.901. The summed E-state index contributed by atoms with van der Waals surface area (Å²) in [4.78, 5) is 4.57. The molecule has 0 aliphatic carbocycles. The Morgan fingerprint density at radius 2 is 1.97 bits per heavy atom. The zero-order valence-corrected chi connectivity index (χ0v) is 20.0. The van der Waals surface area contributed by atoms with Gasteiger partial charge in [0, 0.05) is 41.8 Å². The van der Waals surface area contributed by atoms with Crippen molar-refractivity contribution in [3.05, 3.63) is 65.2 Å². The molecule has 0 bridgehead atoms. The molecule has 2 aromatic carbocycles. The van der Waals surface area contributed by atoms with Crippen LogP contribution in [-0.4, -0.2) is 42.2 Å². The average molecular weight is 527 g/mol. The molecule has 1 unspecified atom stereocenters. The number of nitrogens with zero attached hydrogens (tertiary/aromatic N) is 1. The van der Waals surface area contributed by atoms with E-state index >= 15 is 0 Å². The minimum absolute atomic E-state index is 0. The monoisotopic (exact) mass is 527 g/mol. The van der Waals surface area contributed by atoms with Gasteiger partial charge in [-0.15, -0.1) is 24.0 Å². The zero-order chi connectivity index (χ0) is 19.6. The van der Waals surface area contributed by atoms with Crippen molar-refractivity contribution in [1.82, 2.24) is 10.6 Å². The highest BCUT2D eigenvalue weighted by Gasteiger charge is 2.11. The first-order valence-electron chi connectivity index (χ1n) is 9.90. The van der Waals surface area contributed by atoms with Crippen molar-refractivity contribution >= 4 is 40.7 Å². The van der Waals surface area contributed by atoms with Crippen LogP contribution in [0.5, 0.6) is 5.75 Å². The number of benzene rings is 2. The molecule has 0 saturated heterocycles. The normalized spacial score (nSPS) is 13.8. The summed E-state index contributed by atoms with van der Waals surface area (Å²) >= 11 is 0. The van der Waals surface area contributed by atoms with Crippen LogP contribution >= 0.6 is 24.0 Å². The van der Waals surface area contributed by atoms with Crippen molar-refractivity contribution in [3.63, 3.8) is 0 Å². The third-order valence-electron chi connectivity index (χ3n) is 4.56. The van der Waals surface area contributed by atoms with E-state index in [2.05, 4.69) is 33.8 Å². The highest BCUT2D eigenvalue weighted by molar-refractivity contribution is 14.0. The molecule has 3 rings (SSSR count). The van der Waals surface area contributed by atoms with Gasteiger partial charge in [-0.05, 0) is 36.1 Å². The molecule has 1 aliphatic rings. The lowest BCUT2D eigenvalue weighted by Crippen LogP contribution is -2.38. The summed E-state index contributed by atoms with van der Waals surface area (Å²) in [5, 5.41) is 6.62. The Bertz CT molecular complexity index is 815. The van der Waals surface area contributed by atoms with Crippen LogP contribution in [0.15, 0.2) is 53.5 Å². The second kappa shape index (κ2) is 12.8. The van der Waals surface area contributed by atoms with Gasteiger partial charge in [-0.3, -0.25) is 9.20 Å². The molecule has 7 heteroatoms. The summed E-state index contributed by atoms with van der Waals surface area (Å²) in [5.74, 6) is 2.96. The van der Waals surface area contributed by atoms with Gasteiger partial charge in [-0.1, -0.05) is 42.5 Å². The highest BCUT2D eigenvalue weighted by Crippen LogP contribution is 2.25. The van der Waals surface area contributed by atoms with E-state index in [9.17, 15) is 4.21 Å². The van der Waals surface area contributed by atoms with Crippen LogP contribution in [0.1, 0.15) is 23.6 Å². The van der Waals surface area contributed by atoms with E-state index in [1.807, 2.05) is 37.3 Å². The summed E-state index contributed by atoms with van der Waals surface area (Å²) in [6.07, 6.45) is 1.93. The molecule has 158 valence electrons. The number of rotatable bonds is 9. The molecule has 2 aromatic rings. The molecule has 1 heterocycles. The molecule has 0 amide bonds. The van der Waals surface area contributed by atoms with Crippen molar-refractivity contribution in [3.8, 4) is 5.75 Å². The SMILES string of the molecule is CCNC(=NCCS(=O)Cc1ccccc1)NCCc1ccc2c(c1)CCO2.I. The van der Waals surface area contributed by atoms with Gasteiger partial charge in [0.15, 0.2) is 5.96 Å². The standard InChI is InChI=1S/C22H29N3O2S.HI/c1-2-23-22(25-13-15-28(26)17-19-6-4-3-5-7-19)24-12-10-18-8-9-21-20(16-18)11-14-27-21;/h3-9,16H,2,10-15,17H2,1H3,(H2,23,24,25);1H. The van der Waals surface area contributed by atoms with Crippen LogP contribution in [0.25, 0.3) is 0 Å². The smallest absolute Gasteiger partial charge is 0.191 e. The third-order valence-corrected chi connectivity index (χ3v) is 5.86. The number of hydrogen-bond acceptors (Lipinski definition) is 3. The van der Waals surface area contributed by atoms with E-state index < -0.39 is 10.8 Å². The largest absolute Gasteiger partial charge is 0.493 e. The van der Waals surface area contributed by atoms with E-state index in [1.165, 1.54) is 11.1 Å². The van der Waals surface area contributed by atoms with Gasteiger partial charge in [0.25, 0.3) is 0 Å². The van der Waals surface area contributed by atoms with Crippen molar-refractivity contribution < 1.29 is 8.95 Å². The second-order valence-corrected chi connectivity index (χ2v) is 8.33. The van der Waals surface area contributed by atoms with Gasteiger partial charge in [0.1, 0.15) is 5.75 Å². The summed E-state index contributed by atoms with van der Waals surface area (Å²) in [6.45, 7) is 4.99. The Labute approximate surface area is 193 Å². The van der Waals surface area contributed by atoms with Crippen LogP contribution < -0.4 is 15.4 Å². The summed E-state index contributed by atoms with van der Waals surface area (Å²) < 4.78 is 17.8. The molecular formula is C22H30IN3O2S. The van der Waals surface area contributed by atoms with Gasteiger partial charge >= 0.3 is 0 Å². The van der Waals surface area contributed by atoms with E-state index in [-0.39, 0.29) is 24.0 Å². The van der Waals surface area contributed by atoms with Gasteiger partial charge in [-0.2, -0.15) is 0 Å². The minimum Gasteiger partial charge on any atom is -0.493 e. The molecule has 0 aromatic heterocycles. The molecule has 0 saturated carbocycles.